The lowest BCUT2D eigenvalue weighted by Crippen LogP contribution is -2.25. The lowest BCUT2D eigenvalue weighted by atomic mass is 9.91. The molecule has 0 aliphatic heterocycles. The van der Waals surface area contributed by atoms with E-state index in [1.807, 2.05) is 0 Å². The zero-order valence-electron chi connectivity index (χ0n) is 13.0. The minimum Gasteiger partial charge on any atom is -0.315 e. The van der Waals surface area contributed by atoms with Gasteiger partial charge in [0.2, 0.25) is 0 Å². The van der Waals surface area contributed by atoms with E-state index in [-0.39, 0.29) is 0 Å². The maximum Gasteiger partial charge on any atom is 0.0214 e. The number of rotatable bonds is 6. The molecule has 0 aromatic heterocycles. The van der Waals surface area contributed by atoms with E-state index >= 15 is 0 Å². The first kappa shape index (κ1) is 14.3. The van der Waals surface area contributed by atoms with Gasteiger partial charge in [-0.2, -0.15) is 0 Å². The van der Waals surface area contributed by atoms with E-state index in [1.165, 1.54) is 17.5 Å². The molecule has 1 fully saturated rings. The Labute approximate surface area is 128 Å². The second-order valence-electron chi connectivity index (χ2n) is 6.92. The Morgan fingerprint density at radius 1 is 0.952 bits per heavy atom. The molecule has 1 unspecified atom stereocenters. The van der Waals surface area contributed by atoms with Crippen molar-refractivity contribution in [1.29, 1.82) is 0 Å². The predicted octanol–water partition coefficient (Wildman–Crippen LogP) is 4.45. The lowest BCUT2D eigenvalue weighted by molar-refractivity contribution is 0.512. The molecular weight excluding hydrogens is 254 g/mol. The molecule has 21 heavy (non-hydrogen) atoms. The van der Waals surface area contributed by atoms with Crippen LogP contribution in [0, 0.1) is 11.3 Å². The average molecular weight is 279 g/mol. The molecule has 1 aliphatic carbocycles. The summed E-state index contributed by atoms with van der Waals surface area (Å²) < 4.78 is 0. The first-order chi connectivity index (χ1) is 10.2. The Balaban J connectivity index is 1.68. The third-order valence-electron chi connectivity index (χ3n) is 4.86. The van der Waals surface area contributed by atoms with Crippen LogP contribution >= 0.6 is 0 Å². The summed E-state index contributed by atoms with van der Waals surface area (Å²) in [4.78, 5) is 0. The summed E-state index contributed by atoms with van der Waals surface area (Å²) >= 11 is 0. The second kappa shape index (κ2) is 6.03. The summed E-state index contributed by atoms with van der Waals surface area (Å²) in [6, 6.07) is 21.7. The van der Waals surface area contributed by atoms with Gasteiger partial charge in [0.15, 0.2) is 0 Å². The van der Waals surface area contributed by atoms with Gasteiger partial charge in [0.25, 0.3) is 0 Å². The molecule has 1 saturated carbocycles. The summed E-state index contributed by atoms with van der Waals surface area (Å²) in [5.41, 5.74) is 3.35. The van der Waals surface area contributed by atoms with Gasteiger partial charge in [0, 0.05) is 12.5 Å². The summed E-state index contributed by atoms with van der Waals surface area (Å²) in [6.07, 6.45) is 1.36. The Bertz CT molecular complexity index is 519. The van der Waals surface area contributed by atoms with Gasteiger partial charge in [-0.3, -0.25) is 0 Å². The molecular formula is C20H25N. The van der Waals surface area contributed by atoms with Crippen LogP contribution in [0.2, 0.25) is 0 Å². The van der Waals surface area contributed by atoms with Gasteiger partial charge in [0.05, 0.1) is 0 Å². The fraction of sp³-hybridized carbons (Fsp3) is 0.400. The van der Waals surface area contributed by atoms with Gasteiger partial charge in [-0.05, 0) is 35.4 Å². The largest absolute Gasteiger partial charge is 0.315 e. The molecule has 2 aromatic rings. The zero-order valence-corrected chi connectivity index (χ0v) is 13.0. The van der Waals surface area contributed by atoms with Crippen molar-refractivity contribution in [2.75, 3.05) is 13.1 Å². The van der Waals surface area contributed by atoms with Gasteiger partial charge in [-0.15, -0.1) is 0 Å². The molecule has 1 nitrogen and oxygen atoms in total. The molecule has 0 radical (unpaired) electrons. The van der Waals surface area contributed by atoms with Crippen molar-refractivity contribution in [1.82, 2.24) is 5.32 Å². The fourth-order valence-corrected chi connectivity index (χ4v) is 3.13. The smallest absolute Gasteiger partial charge is 0.0214 e. The highest BCUT2D eigenvalue weighted by Gasteiger charge is 2.44. The Morgan fingerprint density at radius 3 is 1.86 bits per heavy atom. The van der Waals surface area contributed by atoms with E-state index in [0.717, 1.165) is 19.0 Å². The molecule has 1 atom stereocenters. The first-order valence-corrected chi connectivity index (χ1v) is 7.97. The van der Waals surface area contributed by atoms with Crippen molar-refractivity contribution in [3.63, 3.8) is 0 Å². The van der Waals surface area contributed by atoms with Crippen LogP contribution in [-0.4, -0.2) is 13.1 Å². The van der Waals surface area contributed by atoms with Crippen molar-refractivity contribution < 1.29 is 0 Å². The van der Waals surface area contributed by atoms with E-state index in [1.54, 1.807) is 0 Å². The van der Waals surface area contributed by atoms with Crippen molar-refractivity contribution >= 4 is 0 Å². The Morgan fingerprint density at radius 2 is 1.43 bits per heavy atom. The summed E-state index contributed by atoms with van der Waals surface area (Å²) in [7, 11) is 0. The highest BCUT2D eigenvalue weighted by Crippen LogP contribution is 2.51. The van der Waals surface area contributed by atoms with Crippen molar-refractivity contribution in [2.24, 2.45) is 11.3 Å². The van der Waals surface area contributed by atoms with Crippen molar-refractivity contribution in [3.8, 4) is 0 Å². The van der Waals surface area contributed by atoms with Crippen LogP contribution in [0.4, 0.5) is 0 Å². The number of hydrogen-bond acceptors (Lipinski definition) is 1. The minimum atomic E-state index is 0.439. The predicted molar refractivity (Wildman–Crippen MR) is 89.5 cm³/mol. The maximum atomic E-state index is 3.70. The zero-order chi connectivity index (χ0) is 14.7. The van der Waals surface area contributed by atoms with Crippen molar-refractivity contribution in [2.45, 2.75) is 26.2 Å². The van der Waals surface area contributed by atoms with E-state index in [9.17, 15) is 0 Å². The van der Waals surface area contributed by atoms with Crippen LogP contribution in [0.15, 0.2) is 60.7 Å². The number of nitrogens with one attached hydrogen (secondary N) is 1. The third kappa shape index (κ3) is 3.54. The van der Waals surface area contributed by atoms with Crippen LogP contribution in [0.5, 0.6) is 0 Å². The molecule has 0 heterocycles. The highest BCUT2D eigenvalue weighted by atomic mass is 14.9. The molecule has 3 rings (SSSR count). The molecule has 0 saturated heterocycles. The van der Waals surface area contributed by atoms with Crippen molar-refractivity contribution in [3.05, 3.63) is 71.8 Å². The molecule has 0 amide bonds. The van der Waals surface area contributed by atoms with Gasteiger partial charge in [0.1, 0.15) is 0 Å². The van der Waals surface area contributed by atoms with Crippen LogP contribution in [0.25, 0.3) is 0 Å². The monoisotopic (exact) mass is 279 g/mol. The highest BCUT2D eigenvalue weighted by molar-refractivity contribution is 5.32. The van der Waals surface area contributed by atoms with E-state index in [0.29, 0.717) is 11.3 Å². The van der Waals surface area contributed by atoms with E-state index < -0.39 is 0 Å². The molecule has 1 N–H and O–H groups in total. The van der Waals surface area contributed by atoms with Gasteiger partial charge in [-0.1, -0.05) is 74.5 Å². The lowest BCUT2D eigenvalue weighted by Gasteiger charge is -2.19. The fourth-order valence-electron chi connectivity index (χ4n) is 3.13. The second-order valence-corrected chi connectivity index (χ2v) is 6.92. The molecule has 2 aromatic carbocycles. The number of benzene rings is 2. The molecule has 110 valence electrons. The normalized spacial score (nSPS) is 19.7. The molecule has 0 bridgehead atoms. The summed E-state index contributed by atoms with van der Waals surface area (Å²) in [5.74, 6) is 1.29. The Hall–Kier alpha value is -1.60. The molecule has 1 heteroatoms. The maximum absolute atomic E-state index is 3.70. The molecule has 0 spiro atoms. The van der Waals surface area contributed by atoms with Gasteiger partial charge in [-0.25, -0.2) is 0 Å². The SMILES string of the molecule is CC1(C)CC1CNCC(c1ccccc1)c1ccccc1. The van der Waals surface area contributed by atoms with E-state index in [4.69, 9.17) is 0 Å². The van der Waals surface area contributed by atoms with Crippen LogP contribution in [-0.2, 0) is 0 Å². The molecule has 1 aliphatic rings. The average Bonchev–Trinajstić information content (AvgIpc) is 3.12. The van der Waals surface area contributed by atoms with Crippen LogP contribution in [0.3, 0.4) is 0 Å². The van der Waals surface area contributed by atoms with Crippen LogP contribution in [0.1, 0.15) is 37.3 Å². The van der Waals surface area contributed by atoms with E-state index in [2.05, 4.69) is 79.8 Å². The van der Waals surface area contributed by atoms with Gasteiger partial charge < -0.3 is 5.32 Å². The van der Waals surface area contributed by atoms with Gasteiger partial charge >= 0.3 is 0 Å². The topological polar surface area (TPSA) is 12.0 Å². The number of hydrogen-bond donors (Lipinski definition) is 1. The quantitative estimate of drug-likeness (QED) is 0.823. The first-order valence-electron chi connectivity index (χ1n) is 7.97. The minimum absolute atomic E-state index is 0.439. The standard InChI is InChI=1S/C20H25N/c1-20(2)13-18(20)14-21-15-19(16-9-5-3-6-10-16)17-11-7-4-8-12-17/h3-12,18-19,21H,13-15H2,1-2H3. The summed E-state index contributed by atoms with van der Waals surface area (Å²) in [5, 5.41) is 3.70. The van der Waals surface area contributed by atoms with Crippen LogP contribution < -0.4 is 5.32 Å². The Kier molecular flexibility index (Phi) is 4.12. The third-order valence-corrected chi connectivity index (χ3v) is 4.86. The summed E-state index contributed by atoms with van der Waals surface area (Å²) in [6.45, 7) is 6.89.